The van der Waals surface area contributed by atoms with Gasteiger partial charge in [-0.1, -0.05) is 20.3 Å². The van der Waals surface area contributed by atoms with Gasteiger partial charge in [-0.05, 0) is 32.1 Å². The van der Waals surface area contributed by atoms with E-state index < -0.39 is 29.6 Å². The minimum Gasteiger partial charge on any atom is -0.550 e. The fraction of sp³-hybridized carbons (Fsp3) is 0.895. The molecule has 0 aromatic heterocycles. The molecule has 8 nitrogen and oxygen atoms in total. The van der Waals surface area contributed by atoms with E-state index in [4.69, 9.17) is 18.9 Å². The molecule has 0 spiro atoms. The molecule has 2 saturated heterocycles. The summed E-state index contributed by atoms with van der Waals surface area (Å²) < 4.78 is 22.2. The number of rotatable bonds is 16. The van der Waals surface area contributed by atoms with Crippen molar-refractivity contribution < 1.29 is 38.7 Å². The van der Waals surface area contributed by atoms with Crippen LogP contribution in [0.5, 0.6) is 0 Å². The second-order valence-corrected chi connectivity index (χ2v) is 7.28. The summed E-state index contributed by atoms with van der Waals surface area (Å²) in [6.45, 7) is 5.63. The molecular weight excluding hydrogens is 356 g/mol. The fourth-order valence-electron chi connectivity index (χ4n) is 3.62. The summed E-state index contributed by atoms with van der Waals surface area (Å²) in [7, 11) is 0. The molecule has 2 aliphatic rings. The van der Waals surface area contributed by atoms with E-state index in [9.17, 15) is 19.8 Å². The first-order valence-electron chi connectivity index (χ1n) is 9.81. The van der Waals surface area contributed by atoms with E-state index in [1.54, 1.807) is 0 Å². The summed E-state index contributed by atoms with van der Waals surface area (Å²) in [4.78, 5) is 23.1. The third-order valence-electron chi connectivity index (χ3n) is 5.26. The van der Waals surface area contributed by atoms with Gasteiger partial charge in [-0.25, -0.2) is 0 Å². The number of carboxylic acids is 2. The van der Waals surface area contributed by atoms with Crippen LogP contribution in [0, 0.1) is 5.41 Å². The highest BCUT2D eigenvalue weighted by Crippen LogP contribution is 2.40. The summed E-state index contributed by atoms with van der Waals surface area (Å²) in [6, 6.07) is 0. The number of carbonyl (C=O) groups excluding carboxylic acids is 2. The van der Waals surface area contributed by atoms with Crippen LogP contribution in [0.25, 0.3) is 0 Å². The van der Waals surface area contributed by atoms with Crippen LogP contribution in [-0.2, 0) is 28.5 Å². The van der Waals surface area contributed by atoms with E-state index in [0.717, 1.165) is 0 Å². The normalized spacial score (nSPS) is 25.4. The number of epoxide rings is 2. The number of aliphatic carboxylic acids is 2. The Morgan fingerprint density at radius 3 is 1.81 bits per heavy atom. The van der Waals surface area contributed by atoms with Gasteiger partial charge in [0, 0.05) is 5.97 Å². The van der Waals surface area contributed by atoms with Crippen LogP contribution in [0.15, 0.2) is 0 Å². The summed E-state index contributed by atoms with van der Waals surface area (Å²) in [6.07, 6.45) is 0.598. The number of unbranched alkanes of at least 4 members (excludes halogenated alkanes) is 1. The average Bonchev–Trinajstić information content (AvgIpc) is 3.52. The lowest BCUT2D eigenvalue weighted by Crippen LogP contribution is -2.58. The third-order valence-corrected chi connectivity index (χ3v) is 5.26. The average molecular weight is 386 g/mol. The highest BCUT2D eigenvalue weighted by molar-refractivity contribution is 5.74. The fourth-order valence-corrected chi connectivity index (χ4v) is 3.62. The van der Waals surface area contributed by atoms with E-state index in [1.165, 1.54) is 0 Å². The number of ether oxygens (including phenoxy) is 4. The zero-order valence-corrected chi connectivity index (χ0v) is 16.1. The Bertz CT molecular complexity index is 462. The Balaban J connectivity index is 2.15. The molecule has 2 aliphatic heterocycles. The van der Waals surface area contributed by atoms with Gasteiger partial charge < -0.3 is 38.7 Å². The van der Waals surface area contributed by atoms with Crippen molar-refractivity contribution in [3.8, 4) is 0 Å². The first-order chi connectivity index (χ1) is 12.9. The minimum atomic E-state index is -1.36. The molecule has 4 unspecified atom stereocenters. The number of hydrogen-bond acceptors (Lipinski definition) is 8. The molecule has 0 aromatic rings. The maximum absolute atomic E-state index is 12.4. The lowest BCUT2D eigenvalue weighted by Gasteiger charge is -2.46. The highest BCUT2D eigenvalue weighted by atomic mass is 16.6. The van der Waals surface area contributed by atoms with Crippen molar-refractivity contribution >= 4 is 11.9 Å². The van der Waals surface area contributed by atoms with Gasteiger partial charge in [-0.3, -0.25) is 0 Å². The predicted octanol–water partition coefficient (Wildman–Crippen LogP) is -0.579. The minimum absolute atomic E-state index is 0.0115. The Morgan fingerprint density at radius 1 is 1.00 bits per heavy atom. The topological polar surface area (TPSA) is 124 Å². The van der Waals surface area contributed by atoms with Crippen LogP contribution >= 0.6 is 0 Å². The molecule has 0 bridgehead atoms. The Hall–Kier alpha value is -1.22. The van der Waals surface area contributed by atoms with Crippen molar-refractivity contribution in [3.05, 3.63) is 0 Å². The Kier molecular flexibility index (Phi) is 8.47. The van der Waals surface area contributed by atoms with Crippen molar-refractivity contribution in [2.75, 3.05) is 26.4 Å². The summed E-state index contributed by atoms with van der Waals surface area (Å²) in [5.41, 5.74) is -1.36. The maximum atomic E-state index is 12.4. The molecule has 2 fully saturated rings. The van der Waals surface area contributed by atoms with E-state index in [0.29, 0.717) is 52.1 Å². The van der Waals surface area contributed by atoms with Gasteiger partial charge in [-0.2, -0.15) is 0 Å². The number of carbonyl (C=O) groups is 2. The van der Waals surface area contributed by atoms with Crippen molar-refractivity contribution in [2.24, 2.45) is 5.41 Å². The quantitative estimate of drug-likeness (QED) is 0.255. The molecular formula is C19H30O8-2. The zero-order valence-electron chi connectivity index (χ0n) is 16.1. The number of hydrogen-bond donors (Lipinski definition) is 0. The van der Waals surface area contributed by atoms with Crippen LogP contribution in [0.3, 0.4) is 0 Å². The van der Waals surface area contributed by atoms with Crippen LogP contribution in [0.1, 0.15) is 52.4 Å². The summed E-state index contributed by atoms with van der Waals surface area (Å²) in [5, 5.41) is 23.1. The molecule has 156 valence electrons. The molecule has 27 heavy (non-hydrogen) atoms. The van der Waals surface area contributed by atoms with Crippen molar-refractivity contribution in [1.82, 2.24) is 0 Å². The largest absolute Gasteiger partial charge is 0.550 e. The predicted molar refractivity (Wildman–Crippen MR) is 90.5 cm³/mol. The van der Waals surface area contributed by atoms with Gasteiger partial charge in [0.05, 0.1) is 50.0 Å². The molecule has 0 amide bonds. The zero-order chi connectivity index (χ0) is 19.9. The van der Waals surface area contributed by atoms with Gasteiger partial charge in [0.2, 0.25) is 0 Å². The molecule has 0 radical (unpaired) electrons. The van der Waals surface area contributed by atoms with Gasteiger partial charge >= 0.3 is 0 Å². The Morgan fingerprint density at radius 2 is 1.48 bits per heavy atom. The van der Waals surface area contributed by atoms with Gasteiger partial charge in [-0.15, -0.1) is 0 Å². The molecule has 0 saturated carbocycles. The van der Waals surface area contributed by atoms with E-state index in [1.807, 2.05) is 13.8 Å². The third kappa shape index (κ3) is 6.41. The van der Waals surface area contributed by atoms with Crippen LogP contribution < -0.4 is 10.2 Å². The van der Waals surface area contributed by atoms with Gasteiger partial charge in [0.25, 0.3) is 0 Å². The van der Waals surface area contributed by atoms with Gasteiger partial charge in [0.15, 0.2) is 0 Å². The highest BCUT2D eigenvalue weighted by Gasteiger charge is 2.47. The van der Waals surface area contributed by atoms with Crippen molar-refractivity contribution in [2.45, 2.75) is 76.8 Å². The molecule has 0 aliphatic carbocycles. The Labute approximate surface area is 160 Å². The molecule has 2 rings (SSSR count). The first kappa shape index (κ1) is 22.1. The molecule has 2 heterocycles. The molecule has 0 aromatic carbocycles. The van der Waals surface area contributed by atoms with Crippen molar-refractivity contribution in [3.63, 3.8) is 0 Å². The monoisotopic (exact) mass is 386 g/mol. The first-order valence-corrected chi connectivity index (χ1v) is 9.81. The second kappa shape index (κ2) is 10.4. The molecule has 4 atom stereocenters. The lowest BCUT2D eigenvalue weighted by atomic mass is 9.70. The van der Waals surface area contributed by atoms with Crippen LogP contribution in [0.2, 0.25) is 0 Å². The van der Waals surface area contributed by atoms with Crippen molar-refractivity contribution in [1.29, 1.82) is 0 Å². The van der Waals surface area contributed by atoms with Crippen LogP contribution in [-0.4, -0.2) is 62.8 Å². The second-order valence-electron chi connectivity index (χ2n) is 7.28. The number of carboxylic acid groups (broad SMARTS) is 2. The van der Waals surface area contributed by atoms with E-state index in [2.05, 4.69) is 0 Å². The lowest BCUT2D eigenvalue weighted by molar-refractivity contribution is -0.333. The van der Waals surface area contributed by atoms with E-state index >= 15 is 0 Å². The van der Waals surface area contributed by atoms with E-state index in [-0.39, 0.29) is 25.0 Å². The SMILES string of the molecule is CCC(OCC1CO1)C(CCCCC(=O)[O-])(C(=O)[O-])C(CC)OCC1CO1. The van der Waals surface area contributed by atoms with Gasteiger partial charge in [0.1, 0.15) is 12.2 Å². The maximum Gasteiger partial charge on any atom is 0.104 e. The van der Waals surface area contributed by atoms with Crippen LogP contribution in [0.4, 0.5) is 0 Å². The molecule has 8 heteroatoms. The standard InChI is InChI=1S/C19H32O8/c1-3-15(26-11-13-9-24-13)19(18(22)23,8-6-5-7-17(20)21)16(4-2)27-12-14-10-25-14/h13-16H,3-12H2,1-2H3,(H,20,21)(H,22,23)/p-2. The molecule has 0 N–H and O–H groups in total. The summed E-state index contributed by atoms with van der Waals surface area (Å²) >= 11 is 0. The smallest absolute Gasteiger partial charge is 0.104 e. The summed E-state index contributed by atoms with van der Waals surface area (Å²) in [5.74, 6) is -2.36.